The van der Waals surface area contributed by atoms with Gasteiger partial charge >= 0.3 is 5.97 Å². The molecule has 1 aromatic carbocycles. The summed E-state index contributed by atoms with van der Waals surface area (Å²) >= 11 is 7.53. The van der Waals surface area contributed by atoms with Crippen LogP contribution in [0.1, 0.15) is 6.92 Å². The predicted octanol–water partition coefficient (Wildman–Crippen LogP) is 3.20. The second kappa shape index (κ2) is 5.38. The molecular weight excluding hydrogens is 330 g/mol. The number of rotatable bonds is 3. The van der Waals surface area contributed by atoms with E-state index in [9.17, 15) is 4.79 Å². The van der Waals surface area contributed by atoms with Crippen molar-refractivity contribution in [1.82, 2.24) is 4.98 Å². The van der Waals surface area contributed by atoms with Crippen molar-refractivity contribution >= 4 is 45.4 Å². The van der Waals surface area contributed by atoms with E-state index in [4.69, 9.17) is 4.74 Å². The third kappa shape index (κ3) is 3.19. The van der Waals surface area contributed by atoms with Gasteiger partial charge in [-0.25, -0.2) is 4.79 Å². The van der Waals surface area contributed by atoms with Gasteiger partial charge in [0.05, 0.1) is 12.6 Å². The largest absolute Gasteiger partial charge is 0.466 e. The number of nitrogens with zero attached hydrogens (tertiary/aromatic N) is 1. The minimum Gasteiger partial charge on any atom is -0.466 e. The highest BCUT2D eigenvalue weighted by molar-refractivity contribution is 9.10. The van der Waals surface area contributed by atoms with Crippen LogP contribution in [0.4, 0.5) is 0 Å². The summed E-state index contributed by atoms with van der Waals surface area (Å²) in [7, 11) is 1.29. The molecule has 1 unspecified atom stereocenters. The van der Waals surface area contributed by atoms with Crippen LogP contribution in [-0.4, -0.2) is 23.0 Å². The number of benzene rings is 1. The van der Waals surface area contributed by atoms with Crippen LogP contribution in [0, 0.1) is 0 Å². The average Bonchev–Trinajstić information content (AvgIpc) is 2.36. The second-order valence-corrected chi connectivity index (χ2v) is 5.85. The van der Waals surface area contributed by atoms with Crippen LogP contribution in [0.3, 0.4) is 0 Å². The average molecular weight is 342 g/mol. The summed E-state index contributed by atoms with van der Waals surface area (Å²) in [4.78, 5) is 14.4. The van der Waals surface area contributed by atoms with Crippen molar-refractivity contribution in [1.29, 1.82) is 0 Å². The van der Waals surface area contributed by atoms with Gasteiger partial charge in [0.25, 0.3) is 0 Å². The number of ether oxygens (including phenoxy) is 2. The summed E-state index contributed by atoms with van der Waals surface area (Å²) in [5.41, 5.74) is 0.842. The standard InChI is InChI=1S/C13H12BrNO3S/c1-13(19,12(16)17-2)18-10-3-4-11-8(6-10)5-9(14)7-15-11/h3-7,19H,1-2H3. The van der Waals surface area contributed by atoms with Crippen LogP contribution < -0.4 is 4.74 Å². The van der Waals surface area contributed by atoms with Gasteiger partial charge in [-0.2, -0.15) is 0 Å². The molecular formula is C13H12BrNO3S. The highest BCUT2D eigenvalue weighted by atomic mass is 79.9. The highest BCUT2D eigenvalue weighted by Gasteiger charge is 2.32. The van der Waals surface area contributed by atoms with Crippen LogP contribution in [0.5, 0.6) is 5.75 Å². The molecule has 1 atom stereocenters. The van der Waals surface area contributed by atoms with Gasteiger partial charge < -0.3 is 9.47 Å². The van der Waals surface area contributed by atoms with Gasteiger partial charge in [0.15, 0.2) is 0 Å². The van der Waals surface area contributed by atoms with E-state index < -0.39 is 10.9 Å². The van der Waals surface area contributed by atoms with Gasteiger partial charge in [-0.05, 0) is 47.1 Å². The molecule has 0 aliphatic rings. The Morgan fingerprint density at radius 2 is 2.16 bits per heavy atom. The lowest BCUT2D eigenvalue weighted by Gasteiger charge is -2.22. The third-order valence-corrected chi connectivity index (χ3v) is 3.21. The molecule has 0 saturated carbocycles. The number of methoxy groups -OCH3 is 1. The Kier molecular flexibility index (Phi) is 4.01. The van der Waals surface area contributed by atoms with E-state index in [1.807, 2.05) is 12.1 Å². The Balaban J connectivity index is 2.33. The summed E-state index contributed by atoms with van der Waals surface area (Å²) in [6, 6.07) is 7.27. The lowest BCUT2D eigenvalue weighted by molar-refractivity contribution is -0.150. The quantitative estimate of drug-likeness (QED) is 0.529. The normalized spacial score (nSPS) is 13.9. The lowest BCUT2D eigenvalue weighted by atomic mass is 10.2. The lowest BCUT2D eigenvalue weighted by Crippen LogP contribution is -2.36. The summed E-state index contributed by atoms with van der Waals surface area (Å²) < 4.78 is 11.1. The van der Waals surface area contributed by atoms with Gasteiger partial charge in [0.1, 0.15) is 5.75 Å². The van der Waals surface area contributed by atoms with Crippen LogP contribution in [0.2, 0.25) is 0 Å². The minimum absolute atomic E-state index is 0.523. The maximum absolute atomic E-state index is 11.5. The fourth-order valence-electron chi connectivity index (χ4n) is 1.61. The molecule has 0 spiro atoms. The molecule has 100 valence electrons. The number of hydrogen-bond acceptors (Lipinski definition) is 5. The molecule has 0 aliphatic carbocycles. The molecule has 0 radical (unpaired) electrons. The summed E-state index contributed by atoms with van der Waals surface area (Å²) in [6.07, 6.45) is 1.72. The Hall–Kier alpha value is -1.27. The van der Waals surface area contributed by atoms with Gasteiger partial charge in [0, 0.05) is 16.1 Å². The number of fused-ring (bicyclic) bond motifs is 1. The molecule has 0 bridgehead atoms. The zero-order valence-electron chi connectivity index (χ0n) is 10.4. The van der Waals surface area contributed by atoms with E-state index in [1.54, 1.807) is 18.3 Å². The molecule has 19 heavy (non-hydrogen) atoms. The number of carbonyl (C=O) groups is 1. The van der Waals surface area contributed by atoms with Crippen molar-refractivity contribution in [2.75, 3.05) is 7.11 Å². The van der Waals surface area contributed by atoms with Crippen LogP contribution in [0.15, 0.2) is 34.9 Å². The molecule has 2 rings (SSSR count). The molecule has 1 heterocycles. The van der Waals surface area contributed by atoms with Gasteiger partial charge in [-0.15, -0.1) is 12.6 Å². The first-order valence-electron chi connectivity index (χ1n) is 5.47. The summed E-state index contributed by atoms with van der Waals surface area (Å²) in [5, 5.41) is 0.904. The van der Waals surface area contributed by atoms with Crippen LogP contribution in [-0.2, 0) is 9.53 Å². The third-order valence-electron chi connectivity index (χ3n) is 2.50. The molecule has 1 aromatic heterocycles. The highest BCUT2D eigenvalue weighted by Crippen LogP contribution is 2.27. The number of hydrogen-bond donors (Lipinski definition) is 1. The summed E-state index contributed by atoms with van der Waals surface area (Å²) in [6.45, 7) is 1.53. The number of thiol groups is 1. The zero-order chi connectivity index (χ0) is 14.0. The monoisotopic (exact) mass is 341 g/mol. The molecule has 6 heteroatoms. The number of esters is 1. The van der Waals surface area contributed by atoms with Crippen molar-refractivity contribution < 1.29 is 14.3 Å². The van der Waals surface area contributed by atoms with Gasteiger partial charge in [-0.1, -0.05) is 0 Å². The first kappa shape index (κ1) is 14.1. The second-order valence-electron chi connectivity index (χ2n) is 4.08. The SMILES string of the molecule is COC(=O)C(C)(S)Oc1ccc2ncc(Br)cc2c1. The molecule has 0 aliphatic heterocycles. The maximum Gasteiger partial charge on any atom is 0.360 e. The Bertz CT molecular complexity index is 630. The summed E-state index contributed by atoms with van der Waals surface area (Å²) in [5.74, 6) is -0.0291. The number of aromatic nitrogens is 1. The van der Waals surface area contributed by atoms with E-state index >= 15 is 0 Å². The zero-order valence-corrected chi connectivity index (χ0v) is 12.9. The fraction of sp³-hybridized carbons (Fsp3) is 0.231. The van der Waals surface area contributed by atoms with Crippen molar-refractivity contribution in [3.8, 4) is 5.75 Å². The van der Waals surface area contributed by atoms with E-state index in [0.29, 0.717) is 5.75 Å². The van der Waals surface area contributed by atoms with E-state index in [0.717, 1.165) is 15.4 Å². The van der Waals surface area contributed by atoms with Crippen LogP contribution in [0.25, 0.3) is 10.9 Å². The van der Waals surface area contributed by atoms with E-state index in [1.165, 1.54) is 14.0 Å². The Labute approximate surface area is 124 Å². The topological polar surface area (TPSA) is 48.4 Å². The van der Waals surface area contributed by atoms with Crippen molar-refractivity contribution in [3.63, 3.8) is 0 Å². The minimum atomic E-state index is -1.33. The number of pyridine rings is 1. The van der Waals surface area contributed by atoms with E-state index in [-0.39, 0.29) is 0 Å². The van der Waals surface area contributed by atoms with Crippen molar-refractivity contribution in [3.05, 3.63) is 34.9 Å². The van der Waals surface area contributed by atoms with Crippen molar-refractivity contribution in [2.24, 2.45) is 0 Å². The van der Waals surface area contributed by atoms with Gasteiger partial charge in [0.2, 0.25) is 4.93 Å². The smallest absolute Gasteiger partial charge is 0.360 e. The molecule has 0 fully saturated rings. The maximum atomic E-state index is 11.5. The fourth-order valence-corrected chi connectivity index (χ4v) is 2.15. The predicted molar refractivity (Wildman–Crippen MR) is 79.5 cm³/mol. The molecule has 0 saturated heterocycles. The first-order chi connectivity index (χ1) is 8.92. The molecule has 4 nitrogen and oxygen atoms in total. The Morgan fingerprint density at radius 3 is 2.84 bits per heavy atom. The molecule has 0 amide bonds. The first-order valence-corrected chi connectivity index (χ1v) is 6.71. The molecule has 0 N–H and O–H groups in total. The van der Waals surface area contributed by atoms with Gasteiger partial charge in [-0.3, -0.25) is 4.98 Å². The van der Waals surface area contributed by atoms with Crippen LogP contribution >= 0.6 is 28.6 Å². The van der Waals surface area contributed by atoms with E-state index in [2.05, 4.69) is 38.3 Å². The number of halogens is 1. The Morgan fingerprint density at radius 1 is 1.42 bits per heavy atom. The number of carbonyl (C=O) groups excluding carboxylic acids is 1. The molecule has 2 aromatic rings. The van der Waals surface area contributed by atoms with Crippen molar-refractivity contribution in [2.45, 2.75) is 11.9 Å².